The lowest BCUT2D eigenvalue weighted by Gasteiger charge is -2.35. The Hall–Kier alpha value is -1.88. The Balaban J connectivity index is 1.98. The molecular formula is C18H25N3O2. The quantitative estimate of drug-likeness (QED) is 0.942. The number of carbonyl (C=O) groups is 1. The molecule has 3 rings (SSSR count). The normalized spacial score (nSPS) is 22.6. The minimum atomic E-state index is -0.826. The zero-order chi connectivity index (χ0) is 16.6. The van der Waals surface area contributed by atoms with E-state index in [1.165, 1.54) is 6.42 Å². The van der Waals surface area contributed by atoms with Gasteiger partial charge >= 0.3 is 5.97 Å². The fourth-order valence-electron chi connectivity index (χ4n) is 3.95. The number of nitrogens with zero attached hydrogens (tertiary/aromatic N) is 3. The molecule has 0 aliphatic carbocycles. The van der Waals surface area contributed by atoms with Crippen LogP contribution in [0.1, 0.15) is 37.4 Å². The molecule has 3 heterocycles. The third-order valence-electron chi connectivity index (χ3n) is 4.65. The fraction of sp³-hybridized carbons (Fsp3) is 0.556. The number of piperidine rings is 1. The molecule has 2 atom stereocenters. The number of imidazole rings is 1. The van der Waals surface area contributed by atoms with Crippen molar-refractivity contribution in [2.45, 2.75) is 40.2 Å². The van der Waals surface area contributed by atoms with Crippen LogP contribution in [-0.4, -0.2) is 38.4 Å². The molecule has 0 amide bonds. The molecule has 1 saturated heterocycles. The first-order valence-corrected chi connectivity index (χ1v) is 8.34. The molecule has 2 unspecified atom stereocenters. The van der Waals surface area contributed by atoms with Crippen molar-refractivity contribution in [1.82, 2.24) is 14.3 Å². The van der Waals surface area contributed by atoms with Crippen molar-refractivity contribution in [3.8, 4) is 0 Å². The Morgan fingerprint density at radius 1 is 1.30 bits per heavy atom. The highest BCUT2D eigenvalue weighted by molar-refractivity contribution is 5.70. The van der Waals surface area contributed by atoms with Gasteiger partial charge in [-0.2, -0.15) is 0 Å². The van der Waals surface area contributed by atoms with Gasteiger partial charge in [-0.15, -0.1) is 0 Å². The van der Waals surface area contributed by atoms with Gasteiger partial charge < -0.3 is 5.11 Å². The topological polar surface area (TPSA) is 57.8 Å². The molecule has 1 fully saturated rings. The molecule has 0 bridgehead atoms. The van der Waals surface area contributed by atoms with Gasteiger partial charge in [-0.1, -0.05) is 19.9 Å². The van der Waals surface area contributed by atoms with Crippen LogP contribution in [0.15, 0.2) is 18.2 Å². The van der Waals surface area contributed by atoms with Gasteiger partial charge in [-0.05, 0) is 37.3 Å². The van der Waals surface area contributed by atoms with Crippen LogP contribution in [0.3, 0.4) is 0 Å². The number of hydrogen-bond acceptors (Lipinski definition) is 3. The summed E-state index contributed by atoms with van der Waals surface area (Å²) in [5.74, 6) is 0.539. The lowest BCUT2D eigenvalue weighted by molar-refractivity contribution is -0.136. The predicted octanol–water partition coefficient (Wildman–Crippen LogP) is 2.75. The lowest BCUT2D eigenvalue weighted by atomic mass is 9.92. The van der Waals surface area contributed by atoms with Gasteiger partial charge in [-0.25, -0.2) is 4.98 Å². The zero-order valence-corrected chi connectivity index (χ0v) is 14.1. The van der Waals surface area contributed by atoms with Crippen molar-refractivity contribution >= 4 is 11.6 Å². The van der Waals surface area contributed by atoms with E-state index in [0.717, 1.165) is 36.7 Å². The van der Waals surface area contributed by atoms with E-state index < -0.39 is 5.97 Å². The maximum Gasteiger partial charge on any atom is 0.309 e. The molecule has 0 saturated carbocycles. The molecule has 124 valence electrons. The van der Waals surface area contributed by atoms with Crippen LogP contribution in [-0.2, 0) is 17.8 Å². The van der Waals surface area contributed by atoms with Crippen LogP contribution in [0, 0.1) is 18.8 Å². The van der Waals surface area contributed by atoms with Gasteiger partial charge in [0.2, 0.25) is 0 Å². The van der Waals surface area contributed by atoms with Gasteiger partial charge in [0, 0.05) is 25.3 Å². The van der Waals surface area contributed by atoms with Gasteiger partial charge in [0.15, 0.2) is 0 Å². The Morgan fingerprint density at radius 3 is 2.65 bits per heavy atom. The monoisotopic (exact) mass is 315 g/mol. The van der Waals surface area contributed by atoms with Crippen LogP contribution < -0.4 is 0 Å². The number of carboxylic acids is 1. The van der Waals surface area contributed by atoms with Crippen LogP contribution >= 0.6 is 0 Å². The Bertz CT molecular complexity index is 712. The first kappa shape index (κ1) is 16.0. The van der Waals surface area contributed by atoms with Crippen molar-refractivity contribution in [3.63, 3.8) is 0 Å². The average Bonchev–Trinajstić information content (AvgIpc) is 2.76. The van der Waals surface area contributed by atoms with E-state index in [4.69, 9.17) is 0 Å². The van der Waals surface area contributed by atoms with Crippen molar-refractivity contribution in [1.29, 1.82) is 0 Å². The minimum Gasteiger partial charge on any atom is -0.481 e. The summed E-state index contributed by atoms with van der Waals surface area (Å²) in [4.78, 5) is 18.2. The molecule has 0 aromatic carbocycles. The lowest BCUT2D eigenvalue weighted by Crippen LogP contribution is -2.38. The van der Waals surface area contributed by atoms with E-state index in [9.17, 15) is 9.90 Å². The second kappa shape index (κ2) is 6.32. The summed E-state index contributed by atoms with van der Waals surface area (Å²) < 4.78 is 2.11. The molecule has 1 aliphatic heterocycles. The second-order valence-electron chi connectivity index (χ2n) is 7.08. The van der Waals surface area contributed by atoms with Gasteiger partial charge in [0.05, 0.1) is 17.8 Å². The van der Waals surface area contributed by atoms with Gasteiger partial charge in [0.1, 0.15) is 5.65 Å². The molecule has 5 nitrogen and oxygen atoms in total. The molecular weight excluding hydrogens is 290 g/mol. The summed E-state index contributed by atoms with van der Waals surface area (Å²) in [6.45, 7) is 9.53. The molecule has 5 heteroatoms. The highest BCUT2D eigenvalue weighted by Crippen LogP contribution is 2.24. The minimum absolute atomic E-state index is 0.0185. The highest BCUT2D eigenvalue weighted by atomic mass is 16.4. The smallest absolute Gasteiger partial charge is 0.309 e. The summed E-state index contributed by atoms with van der Waals surface area (Å²) in [5.41, 5.74) is 3.66. The number of likely N-dealkylation sites (tertiary alicyclic amines) is 1. The third-order valence-corrected chi connectivity index (χ3v) is 4.65. The number of aromatic nitrogens is 2. The fourth-order valence-corrected chi connectivity index (χ4v) is 3.95. The predicted molar refractivity (Wildman–Crippen MR) is 89.5 cm³/mol. The third kappa shape index (κ3) is 3.39. The summed E-state index contributed by atoms with van der Waals surface area (Å²) in [5, 5.41) is 9.21. The van der Waals surface area contributed by atoms with Crippen molar-refractivity contribution < 1.29 is 9.90 Å². The summed E-state index contributed by atoms with van der Waals surface area (Å²) in [6, 6.07) is 5.96. The van der Waals surface area contributed by atoms with Gasteiger partial charge in [-0.3, -0.25) is 14.1 Å². The van der Waals surface area contributed by atoms with Crippen molar-refractivity contribution in [2.75, 3.05) is 13.1 Å². The molecule has 1 aliphatic rings. The van der Waals surface area contributed by atoms with E-state index in [1.54, 1.807) is 0 Å². The van der Waals surface area contributed by atoms with E-state index in [-0.39, 0.29) is 6.42 Å². The maximum atomic E-state index is 11.2. The van der Waals surface area contributed by atoms with Gasteiger partial charge in [0.25, 0.3) is 0 Å². The molecule has 2 aromatic rings. The van der Waals surface area contributed by atoms with E-state index in [0.29, 0.717) is 17.5 Å². The average molecular weight is 315 g/mol. The standard InChI is InChI=1S/C18H25N3O2/c1-12-7-13(2)10-20(9-12)11-16-15(8-18(22)23)19-17-6-4-5-14(3)21(16)17/h4-6,12-13H,7-11H2,1-3H3,(H,22,23). The summed E-state index contributed by atoms with van der Waals surface area (Å²) in [6.07, 6.45) is 1.25. The first-order chi connectivity index (χ1) is 10.9. The molecule has 0 radical (unpaired) electrons. The van der Waals surface area contributed by atoms with Crippen LogP contribution in [0.4, 0.5) is 0 Å². The highest BCUT2D eigenvalue weighted by Gasteiger charge is 2.25. The van der Waals surface area contributed by atoms with Crippen LogP contribution in [0.5, 0.6) is 0 Å². The largest absolute Gasteiger partial charge is 0.481 e. The summed E-state index contributed by atoms with van der Waals surface area (Å²) in [7, 11) is 0. The molecule has 1 N–H and O–H groups in total. The van der Waals surface area contributed by atoms with E-state index in [1.807, 2.05) is 25.1 Å². The van der Waals surface area contributed by atoms with Crippen molar-refractivity contribution in [3.05, 3.63) is 35.3 Å². The second-order valence-corrected chi connectivity index (χ2v) is 7.08. The number of aryl methyl sites for hydroxylation is 1. The number of hydrogen-bond donors (Lipinski definition) is 1. The number of carboxylic acid groups (broad SMARTS) is 1. The zero-order valence-electron chi connectivity index (χ0n) is 14.1. The number of pyridine rings is 1. The summed E-state index contributed by atoms with van der Waals surface area (Å²) >= 11 is 0. The Morgan fingerprint density at radius 2 is 2.00 bits per heavy atom. The number of rotatable bonds is 4. The number of aliphatic carboxylic acids is 1. The van der Waals surface area contributed by atoms with E-state index >= 15 is 0 Å². The van der Waals surface area contributed by atoms with E-state index in [2.05, 4.69) is 28.1 Å². The molecule has 2 aromatic heterocycles. The number of fused-ring (bicyclic) bond motifs is 1. The Kier molecular flexibility index (Phi) is 4.39. The SMILES string of the molecule is Cc1cccc2nc(CC(=O)O)c(CN3CC(C)CC(C)C3)n12. The molecule has 23 heavy (non-hydrogen) atoms. The molecule has 0 spiro atoms. The van der Waals surface area contributed by atoms with Crippen molar-refractivity contribution in [2.24, 2.45) is 11.8 Å². The van der Waals surface area contributed by atoms with Crippen LogP contribution in [0.25, 0.3) is 5.65 Å². The maximum absolute atomic E-state index is 11.2. The Labute approximate surface area is 136 Å². The first-order valence-electron chi connectivity index (χ1n) is 8.34. The van der Waals surface area contributed by atoms with Crippen LogP contribution in [0.2, 0.25) is 0 Å².